The first-order chi connectivity index (χ1) is 7.89. The van der Waals surface area contributed by atoms with Crippen LogP contribution in [0.4, 0.5) is 5.69 Å². The van der Waals surface area contributed by atoms with E-state index in [1.165, 1.54) is 0 Å². The number of rotatable bonds is 4. The predicted octanol–water partition coefficient (Wildman–Crippen LogP) is 2.20. The molecule has 1 amide bonds. The Morgan fingerprint density at radius 1 is 1.47 bits per heavy atom. The van der Waals surface area contributed by atoms with Gasteiger partial charge in [-0.25, -0.2) is 0 Å². The van der Waals surface area contributed by atoms with Crippen LogP contribution in [-0.2, 0) is 0 Å². The molecule has 4 nitrogen and oxygen atoms in total. The molecule has 17 heavy (non-hydrogen) atoms. The zero-order valence-electron chi connectivity index (χ0n) is 10.8. The average Bonchev–Trinajstić information content (AvgIpc) is 2.28. The van der Waals surface area contributed by atoms with Gasteiger partial charge < -0.3 is 15.8 Å². The minimum absolute atomic E-state index is 0.174. The van der Waals surface area contributed by atoms with Gasteiger partial charge in [-0.15, -0.1) is 0 Å². The predicted molar refractivity (Wildman–Crippen MR) is 69.2 cm³/mol. The number of nitrogens with one attached hydrogen (secondary N) is 1. The van der Waals surface area contributed by atoms with E-state index in [0.29, 0.717) is 17.0 Å². The highest BCUT2D eigenvalue weighted by Crippen LogP contribution is 2.27. The van der Waals surface area contributed by atoms with E-state index in [1.807, 2.05) is 20.8 Å². The average molecular weight is 236 g/mol. The van der Waals surface area contributed by atoms with Crippen molar-refractivity contribution in [3.8, 4) is 5.75 Å². The third kappa shape index (κ3) is 3.37. The molecule has 0 bridgehead atoms. The number of hydrogen-bond donors (Lipinski definition) is 2. The summed E-state index contributed by atoms with van der Waals surface area (Å²) in [6.45, 7) is 5.99. The molecular formula is C13H20N2O2. The van der Waals surface area contributed by atoms with Gasteiger partial charge in [0.25, 0.3) is 5.91 Å². The Labute approximate surface area is 102 Å². The Morgan fingerprint density at radius 3 is 2.65 bits per heavy atom. The minimum Gasteiger partial charge on any atom is -0.487 e. The van der Waals surface area contributed by atoms with Crippen LogP contribution in [0.5, 0.6) is 5.75 Å². The van der Waals surface area contributed by atoms with E-state index in [9.17, 15) is 4.79 Å². The molecule has 0 aromatic heterocycles. The van der Waals surface area contributed by atoms with E-state index < -0.39 is 0 Å². The van der Waals surface area contributed by atoms with E-state index in [2.05, 4.69) is 5.32 Å². The highest BCUT2D eigenvalue weighted by Gasteiger charge is 2.20. The third-order valence-corrected chi connectivity index (χ3v) is 2.72. The highest BCUT2D eigenvalue weighted by atomic mass is 16.5. The van der Waals surface area contributed by atoms with Crippen molar-refractivity contribution in [1.82, 2.24) is 5.32 Å². The Bertz CT molecular complexity index is 414. The Morgan fingerprint density at radius 2 is 2.12 bits per heavy atom. The van der Waals surface area contributed by atoms with Crippen molar-refractivity contribution in [3.05, 3.63) is 23.8 Å². The molecule has 0 saturated carbocycles. The van der Waals surface area contributed by atoms with Gasteiger partial charge in [-0.05, 0) is 32.4 Å². The van der Waals surface area contributed by atoms with Crippen molar-refractivity contribution in [2.24, 2.45) is 0 Å². The van der Waals surface area contributed by atoms with E-state index >= 15 is 0 Å². The zero-order chi connectivity index (χ0) is 13.1. The van der Waals surface area contributed by atoms with Crippen molar-refractivity contribution in [2.45, 2.75) is 32.8 Å². The summed E-state index contributed by atoms with van der Waals surface area (Å²) in [7, 11) is 1.59. The summed E-state index contributed by atoms with van der Waals surface area (Å²) in [5.74, 6) is 0.350. The maximum absolute atomic E-state index is 11.7. The van der Waals surface area contributed by atoms with Gasteiger partial charge in [-0.3, -0.25) is 4.79 Å². The molecule has 0 aliphatic rings. The first-order valence-electron chi connectivity index (χ1n) is 5.70. The molecule has 0 saturated heterocycles. The lowest BCUT2D eigenvalue weighted by Crippen LogP contribution is -2.29. The normalized spacial score (nSPS) is 11.1. The third-order valence-electron chi connectivity index (χ3n) is 2.72. The van der Waals surface area contributed by atoms with Crippen LogP contribution in [-0.4, -0.2) is 18.6 Å². The second-order valence-corrected chi connectivity index (χ2v) is 4.55. The lowest BCUT2D eigenvalue weighted by atomic mass is 10.1. The second-order valence-electron chi connectivity index (χ2n) is 4.55. The number of carbonyl (C=O) groups is 1. The summed E-state index contributed by atoms with van der Waals surface area (Å²) in [6.07, 6.45) is 0.842. The van der Waals surface area contributed by atoms with Crippen LogP contribution < -0.4 is 15.8 Å². The number of amides is 1. The number of nitrogen functional groups attached to an aromatic ring is 1. The van der Waals surface area contributed by atoms with Crippen molar-refractivity contribution in [2.75, 3.05) is 12.8 Å². The van der Waals surface area contributed by atoms with Crippen LogP contribution in [0.15, 0.2) is 18.2 Å². The molecule has 0 radical (unpaired) electrons. The molecule has 0 heterocycles. The van der Waals surface area contributed by atoms with Gasteiger partial charge in [0.1, 0.15) is 11.4 Å². The van der Waals surface area contributed by atoms with Crippen molar-refractivity contribution in [3.63, 3.8) is 0 Å². The van der Waals surface area contributed by atoms with Crippen molar-refractivity contribution in [1.29, 1.82) is 0 Å². The molecule has 0 aliphatic carbocycles. The molecule has 0 aliphatic heterocycles. The smallest absolute Gasteiger partial charge is 0.254 e. The first kappa shape index (κ1) is 13.4. The van der Waals surface area contributed by atoms with E-state index in [0.717, 1.165) is 6.42 Å². The molecule has 94 valence electrons. The molecule has 1 aromatic carbocycles. The van der Waals surface area contributed by atoms with E-state index in [-0.39, 0.29) is 11.5 Å². The quantitative estimate of drug-likeness (QED) is 0.788. The van der Waals surface area contributed by atoms with Gasteiger partial charge >= 0.3 is 0 Å². The molecule has 0 spiro atoms. The monoisotopic (exact) mass is 236 g/mol. The standard InChI is InChI=1S/C13H20N2O2/c1-5-13(2,3)17-11-8-9(14)6-7-10(11)12(16)15-4/h6-8H,5,14H2,1-4H3,(H,15,16). The number of carbonyl (C=O) groups excluding carboxylic acids is 1. The fourth-order valence-electron chi connectivity index (χ4n) is 1.32. The fraction of sp³-hybridized carbons (Fsp3) is 0.462. The Hall–Kier alpha value is -1.71. The fourth-order valence-corrected chi connectivity index (χ4v) is 1.32. The first-order valence-corrected chi connectivity index (χ1v) is 5.70. The number of anilines is 1. The summed E-state index contributed by atoms with van der Waals surface area (Å²) in [5.41, 5.74) is 6.48. The molecule has 0 unspecified atom stereocenters. The molecule has 0 fully saturated rings. The van der Waals surface area contributed by atoms with E-state index in [1.54, 1.807) is 25.2 Å². The van der Waals surface area contributed by atoms with Crippen molar-refractivity contribution < 1.29 is 9.53 Å². The molecule has 1 rings (SSSR count). The van der Waals surface area contributed by atoms with Crippen LogP contribution in [0.1, 0.15) is 37.6 Å². The largest absolute Gasteiger partial charge is 0.487 e. The molecule has 3 N–H and O–H groups in total. The number of hydrogen-bond acceptors (Lipinski definition) is 3. The lowest BCUT2D eigenvalue weighted by molar-refractivity contribution is 0.0911. The topological polar surface area (TPSA) is 64.3 Å². The Kier molecular flexibility index (Phi) is 3.99. The lowest BCUT2D eigenvalue weighted by Gasteiger charge is -2.26. The minimum atomic E-state index is -0.323. The Balaban J connectivity index is 3.12. The summed E-state index contributed by atoms with van der Waals surface area (Å²) < 4.78 is 5.85. The summed E-state index contributed by atoms with van der Waals surface area (Å²) in [4.78, 5) is 11.7. The van der Waals surface area contributed by atoms with Crippen LogP contribution in [0.25, 0.3) is 0 Å². The number of ether oxygens (including phenoxy) is 1. The second kappa shape index (κ2) is 5.08. The molecule has 0 atom stereocenters. The maximum atomic E-state index is 11.7. The van der Waals surface area contributed by atoms with Gasteiger partial charge in [0.2, 0.25) is 0 Å². The van der Waals surface area contributed by atoms with Gasteiger partial charge in [0, 0.05) is 18.8 Å². The summed E-state index contributed by atoms with van der Waals surface area (Å²) >= 11 is 0. The van der Waals surface area contributed by atoms with Crippen LogP contribution in [0, 0.1) is 0 Å². The van der Waals surface area contributed by atoms with Gasteiger partial charge in [-0.1, -0.05) is 6.92 Å². The van der Waals surface area contributed by atoms with Crippen LogP contribution in [0.2, 0.25) is 0 Å². The molecule has 4 heteroatoms. The van der Waals surface area contributed by atoms with Gasteiger partial charge in [0.05, 0.1) is 5.56 Å². The molecular weight excluding hydrogens is 216 g/mol. The highest BCUT2D eigenvalue weighted by molar-refractivity contribution is 5.97. The molecule has 1 aromatic rings. The van der Waals surface area contributed by atoms with E-state index in [4.69, 9.17) is 10.5 Å². The van der Waals surface area contributed by atoms with Gasteiger partial charge in [-0.2, -0.15) is 0 Å². The zero-order valence-corrected chi connectivity index (χ0v) is 10.8. The van der Waals surface area contributed by atoms with Crippen molar-refractivity contribution >= 4 is 11.6 Å². The number of nitrogens with two attached hydrogens (primary N) is 1. The summed E-state index contributed by atoms with van der Waals surface area (Å²) in [6, 6.07) is 5.05. The number of benzene rings is 1. The van der Waals surface area contributed by atoms with Crippen LogP contribution in [0.3, 0.4) is 0 Å². The van der Waals surface area contributed by atoms with Gasteiger partial charge in [0.15, 0.2) is 0 Å². The summed E-state index contributed by atoms with van der Waals surface area (Å²) in [5, 5.41) is 2.59. The maximum Gasteiger partial charge on any atom is 0.254 e. The SMILES string of the molecule is CCC(C)(C)Oc1cc(N)ccc1C(=O)NC. The van der Waals surface area contributed by atoms with Crippen LogP contribution >= 0.6 is 0 Å².